The van der Waals surface area contributed by atoms with Gasteiger partial charge in [-0.05, 0) is 25.0 Å². The molecule has 0 aliphatic carbocycles. The second-order valence-corrected chi connectivity index (χ2v) is 4.04. The first-order chi connectivity index (χ1) is 8.56. The van der Waals surface area contributed by atoms with Gasteiger partial charge in [0.1, 0.15) is 0 Å². The van der Waals surface area contributed by atoms with Crippen molar-refractivity contribution >= 4 is 17.7 Å². The Bertz CT molecular complexity index is 444. The van der Waals surface area contributed by atoms with E-state index in [1.54, 1.807) is 25.1 Å². The first kappa shape index (κ1) is 14.0. The standard InChI is InChI=1S/C13H18N2O3/c1-3-4-8-14-13(18)15-10-7-5-6-9(2)11(10)12(16)17/h5-7H,3-4,8H2,1-2H3,(H,16,17)(H2,14,15,18). The molecule has 18 heavy (non-hydrogen) atoms. The summed E-state index contributed by atoms with van der Waals surface area (Å²) in [6.45, 7) is 4.31. The molecule has 0 saturated carbocycles. The molecular formula is C13H18N2O3. The molecule has 2 amide bonds. The van der Waals surface area contributed by atoms with Crippen molar-refractivity contribution in [2.24, 2.45) is 0 Å². The Labute approximate surface area is 106 Å². The van der Waals surface area contributed by atoms with Gasteiger partial charge in [-0.2, -0.15) is 0 Å². The molecule has 1 aromatic carbocycles. The van der Waals surface area contributed by atoms with Crippen LogP contribution in [0.25, 0.3) is 0 Å². The van der Waals surface area contributed by atoms with Gasteiger partial charge in [-0.1, -0.05) is 25.5 Å². The zero-order valence-corrected chi connectivity index (χ0v) is 10.6. The number of hydrogen-bond acceptors (Lipinski definition) is 2. The number of nitrogens with one attached hydrogen (secondary N) is 2. The van der Waals surface area contributed by atoms with Gasteiger partial charge < -0.3 is 15.7 Å². The molecule has 0 radical (unpaired) electrons. The number of rotatable bonds is 5. The van der Waals surface area contributed by atoms with Crippen LogP contribution in [0.2, 0.25) is 0 Å². The topological polar surface area (TPSA) is 78.4 Å². The summed E-state index contributed by atoms with van der Waals surface area (Å²) in [7, 11) is 0. The molecule has 0 aliphatic rings. The minimum atomic E-state index is -1.04. The fourth-order valence-electron chi connectivity index (χ4n) is 1.60. The molecule has 1 rings (SSSR count). The largest absolute Gasteiger partial charge is 0.478 e. The second-order valence-electron chi connectivity index (χ2n) is 4.04. The molecule has 5 nitrogen and oxygen atoms in total. The minimum Gasteiger partial charge on any atom is -0.478 e. The summed E-state index contributed by atoms with van der Waals surface area (Å²) >= 11 is 0. The predicted molar refractivity (Wildman–Crippen MR) is 70.1 cm³/mol. The molecule has 3 N–H and O–H groups in total. The molecule has 98 valence electrons. The number of aromatic carboxylic acids is 1. The number of aryl methyl sites for hydroxylation is 1. The highest BCUT2D eigenvalue weighted by atomic mass is 16.4. The SMILES string of the molecule is CCCCNC(=O)Nc1cccc(C)c1C(=O)O. The van der Waals surface area contributed by atoms with Gasteiger partial charge in [-0.15, -0.1) is 0 Å². The van der Waals surface area contributed by atoms with E-state index in [1.165, 1.54) is 0 Å². The normalized spacial score (nSPS) is 9.89. The van der Waals surface area contributed by atoms with Gasteiger partial charge in [0.25, 0.3) is 0 Å². The van der Waals surface area contributed by atoms with E-state index in [1.807, 2.05) is 6.92 Å². The van der Waals surface area contributed by atoms with Crippen LogP contribution < -0.4 is 10.6 Å². The van der Waals surface area contributed by atoms with Crippen LogP contribution in [0.3, 0.4) is 0 Å². The highest BCUT2D eigenvalue weighted by Crippen LogP contribution is 2.19. The van der Waals surface area contributed by atoms with Crippen LogP contribution in [0.4, 0.5) is 10.5 Å². The van der Waals surface area contributed by atoms with Crippen molar-refractivity contribution in [2.45, 2.75) is 26.7 Å². The summed E-state index contributed by atoms with van der Waals surface area (Å²) < 4.78 is 0. The fraction of sp³-hybridized carbons (Fsp3) is 0.385. The Morgan fingerprint density at radius 1 is 1.33 bits per heavy atom. The first-order valence-corrected chi connectivity index (χ1v) is 5.94. The Balaban J connectivity index is 2.75. The monoisotopic (exact) mass is 250 g/mol. The molecule has 0 unspecified atom stereocenters. The lowest BCUT2D eigenvalue weighted by molar-refractivity contribution is 0.0697. The maximum atomic E-state index is 11.6. The number of benzene rings is 1. The average Bonchev–Trinajstić information content (AvgIpc) is 2.28. The zero-order valence-electron chi connectivity index (χ0n) is 10.6. The molecule has 0 fully saturated rings. The number of amides is 2. The van der Waals surface area contributed by atoms with Gasteiger partial charge >= 0.3 is 12.0 Å². The van der Waals surface area contributed by atoms with E-state index in [9.17, 15) is 9.59 Å². The minimum absolute atomic E-state index is 0.128. The number of carbonyl (C=O) groups is 2. The molecule has 0 aromatic heterocycles. The molecule has 0 aliphatic heterocycles. The third-order valence-corrected chi connectivity index (χ3v) is 2.55. The van der Waals surface area contributed by atoms with Crippen LogP contribution >= 0.6 is 0 Å². The van der Waals surface area contributed by atoms with Crippen molar-refractivity contribution in [3.8, 4) is 0 Å². The lowest BCUT2D eigenvalue weighted by Crippen LogP contribution is -2.30. The van der Waals surface area contributed by atoms with E-state index in [0.717, 1.165) is 12.8 Å². The second kappa shape index (κ2) is 6.64. The predicted octanol–water partition coefficient (Wildman–Crippen LogP) is 2.61. The van der Waals surface area contributed by atoms with Crippen LogP contribution in [-0.4, -0.2) is 23.7 Å². The van der Waals surface area contributed by atoms with E-state index >= 15 is 0 Å². The van der Waals surface area contributed by atoms with Crippen molar-refractivity contribution in [2.75, 3.05) is 11.9 Å². The highest BCUT2D eigenvalue weighted by molar-refractivity contribution is 6.01. The summed E-state index contributed by atoms with van der Waals surface area (Å²) in [6, 6.07) is 4.61. The summed E-state index contributed by atoms with van der Waals surface area (Å²) in [5.41, 5.74) is 1.06. The average molecular weight is 250 g/mol. The lowest BCUT2D eigenvalue weighted by atomic mass is 10.1. The molecule has 1 aromatic rings. The van der Waals surface area contributed by atoms with Gasteiger partial charge in [-0.25, -0.2) is 9.59 Å². The van der Waals surface area contributed by atoms with Crippen molar-refractivity contribution < 1.29 is 14.7 Å². The zero-order chi connectivity index (χ0) is 13.5. The highest BCUT2D eigenvalue weighted by Gasteiger charge is 2.14. The van der Waals surface area contributed by atoms with E-state index in [0.29, 0.717) is 17.8 Å². The smallest absolute Gasteiger partial charge is 0.338 e. The summed E-state index contributed by atoms with van der Waals surface area (Å²) in [4.78, 5) is 22.7. The number of hydrogen-bond donors (Lipinski definition) is 3. The van der Waals surface area contributed by atoms with Gasteiger partial charge in [0.05, 0.1) is 11.3 Å². The number of carboxylic acid groups (broad SMARTS) is 1. The van der Waals surface area contributed by atoms with Crippen LogP contribution in [0.15, 0.2) is 18.2 Å². The number of unbranched alkanes of at least 4 members (excludes halogenated alkanes) is 1. The number of anilines is 1. The van der Waals surface area contributed by atoms with Crippen molar-refractivity contribution in [3.63, 3.8) is 0 Å². The molecular weight excluding hydrogens is 232 g/mol. The fourth-order valence-corrected chi connectivity index (χ4v) is 1.60. The van der Waals surface area contributed by atoms with Crippen molar-refractivity contribution in [3.05, 3.63) is 29.3 Å². The van der Waals surface area contributed by atoms with E-state index < -0.39 is 5.97 Å². The molecule has 0 heterocycles. The van der Waals surface area contributed by atoms with Crippen LogP contribution in [0, 0.1) is 6.92 Å². The quantitative estimate of drug-likeness (QED) is 0.703. The van der Waals surface area contributed by atoms with Crippen LogP contribution in [0.1, 0.15) is 35.7 Å². The van der Waals surface area contributed by atoms with Crippen LogP contribution in [0.5, 0.6) is 0 Å². The summed E-state index contributed by atoms with van der Waals surface area (Å²) in [6.07, 6.45) is 1.89. The number of urea groups is 1. The first-order valence-electron chi connectivity index (χ1n) is 5.94. The van der Waals surface area contributed by atoms with Crippen molar-refractivity contribution in [1.29, 1.82) is 0 Å². The Morgan fingerprint density at radius 3 is 2.67 bits per heavy atom. The summed E-state index contributed by atoms with van der Waals surface area (Å²) in [5, 5.41) is 14.3. The Kier molecular flexibility index (Phi) is 5.17. The molecule has 0 bridgehead atoms. The van der Waals surface area contributed by atoms with E-state index in [2.05, 4.69) is 10.6 Å². The molecule has 0 atom stereocenters. The number of carboxylic acids is 1. The third kappa shape index (κ3) is 3.76. The van der Waals surface area contributed by atoms with Gasteiger partial charge in [0.2, 0.25) is 0 Å². The summed E-state index contributed by atoms with van der Waals surface area (Å²) in [5.74, 6) is -1.04. The third-order valence-electron chi connectivity index (χ3n) is 2.55. The van der Waals surface area contributed by atoms with E-state index in [-0.39, 0.29) is 11.6 Å². The van der Waals surface area contributed by atoms with Gasteiger partial charge in [-0.3, -0.25) is 0 Å². The molecule has 0 spiro atoms. The number of carbonyl (C=O) groups excluding carboxylic acids is 1. The maximum Gasteiger partial charge on any atom is 0.338 e. The Hall–Kier alpha value is -2.04. The lowest BCUT2D eigenvalue weighted by Gasteiger charge is -2.11. The molecule has 0 saturated heterocycles. The maximum absolute atomic E-state index is 11.6. The van der Waals surface area contributed by atoms with Gasteiger partial charge in [0.15, 0.2) is 0 Å². The van der Waals surface area contributed by atoms with Crippen LogP contribution in [-0.2, 0) is 0 Å². The molecule has 5 heteroatoms. The van der Waals surface area contributed by atoms with Crippen molar-refractivity contribution in [1.82, 2.24) is 5.32 Å². The Morgan fingerprint density at radius 2 is 2.06 bits per heavy atom. The van der Waals surface area contributed by atoms with E-state index in [4.69, 9.17) is 5.11 Å². The van der Waals surface area contributed by atoms with Gasteiger partial charge in [0, 0.05) is 6.54 Å².